The first-order valence-electron chi connectivity index (χ1n) is 8.77. The number of carbonyl (C=O) groups is 1. The van der Waals surface area contributed by atoms with Gasteiger partial charge in [0.1, 0.15) is 11.0 Å². The highest BCUT2D eigenvalue weighted by Gasteiger charge is 2.19. The third-order valence-electron chi connectivity index (χ3n) is 4.54. The molecule has 1 amide bonds. The molecule has 0 aliphatic carbocycles. The Morgan fingerprint density at radius 1 is 1.10 bits per heavy atom. The minimum absolute atomic E-state index is 0.00274. The zero-order valence-corrected chi connectivity index (χ0v) is 17.9. The highest BCUT2D eigenvalue weighted by atomic mass is 35.5. The van der Waals surface area contributed by atoms with E-state index < -0.39 is 0 Å². The van der Waals surface area contributed by atoms with Gasteiger partial charge in [-0.25, -0.2) is 0 Å². The van der Waals surface area contributed by atoms with E-state index in [-0.39, 0.29) is 11.7 Å². The summed E-state index contributed by atoms with van der Waals surface area (Å²) >= 11 is 19.0. The number of hydrogen-bond acceptors (Lipinski definition) is 2. The molecule has 0 radical (unpaired) electrons. The molecule has 2 aromatic carbocycles. The second-order valence-corrected chi connectivity index (χ2v) is 7.77. The lowest BCUT2D eigenvalue weighted by Crippen LogP contribution is -2.23. The molecule has 1 heterocycles. The number of aromatic nitrogens is 1. The molecule has 5 nitrogen and oxygen atoms in total. The van der Waals surface area contributed by atoms with Gasteiger partial charge in [-0.2, -0.15) is 0 Å². The second-order valence-electron chi connectivity index (χ2n) is 6.60. The predicted molar refractivity (Wildman–Crippen MR) is 118 cm³/mol. The number of nitrogens with two attached hydrogens (primary N) is 1. The summed E-state index contributed by atoms with van der Waals surface area (Å²) in [6, 6.07) is 12.4. The first kappa shape index (κ1) is 21.2. The van der Waals surface area contributed by atoms with Crippen LogP contribution in [0.1, 0.15) is 32.6 Å². The van der Waals surface area contributed by atoms with E-state index in [4.69, 9.17) is 45.9 Å². The Bertz CT molecular complexity index is 1050. The molecule has 0 atom stereocenters. The Balaban J connectivity index is 1.75. The van der Waals surface area contributed by atoms with E-state index in [2.05, 4.69) is 5.32 Å². The van der Waals surface area contributed by atoms with E-state index in [0.29, 0.717) is 39.4 Å². The molecule has 8 heteroatoms. The summed E-state index contributed by atoms with van der Waals surface area (Å²) in [5.74, 6) is -0.268. The van der Waals surface area contributed by atoms with E-state index in [1.807, 2.05) is 19.1 Å². The van der Waals surface area contributed by atoms with Gasteiger partial charge in [0.05, 0.1) is 12.1 Å². The van der Waals surface area contributed by atoms with Crippen molar-refractivity contribution in [1.29, 1.82) is 5.41 Å². The van der Waals surface area contributed by atoms with Crippen molar-refractivity contribution in [2.75, 3.05) is 0 Å². The smallest absolute Gasteiger partial charge is 0.254 e. The summed E-state index contributed by atoms with van der Waals surface area (Å²) in [7, 11) is 0. The number of rotatable bonds is 6. The van der Waals surface area contributed by atoms with Crippen LogP contribution in [0.25, 0.3) is 0 Å². The molecule has 0 saturated heterocycles. The normalized spacial score (nSPS) is 10.8. The Morgan fingerprint density at radius 2 is 1.72 bits per heavy atom. The highest BCUT2D eigenvalue weighted by molar-refractivity contribution is 6.36. The maximum atomic E-state index is 12.7. The van der Waals surface area contributed by atoms with Gasteiger partial charge in [0.2, 0.25) is 0 Å². The molecule has 3 aromatic rings. The topological polar surface area (TPSA) is 83.9 Å². The fourth-order valence-corrected chi connectivity index (χ4v) is 3.84. The second kappa shape index (κ2) is 8.91. The molecule has 0 aliphatic heterocycles. The van der Waals surface area contributed by atoms with Gasteiger partial charge in [0.15, 0.2) is 0 Å². The summed E-state index contributed by atoms with van der Waals surface area (Å²) in [6.07, 6.45) is 1.80. The number of amides is 1. The minimum atomic E-state index is -0.271. The molecule has 0 saturated carbocycles. The highest BCUT2D eigenvalue weighted by Crippen LogP contribution is 2.29. The summed E-state index contributed by atoms with van der Waals surface area (Å²) in [4.78, 5) is 12.7. The van der Waals surface area contributed by atoms with Crippen molar-refractivity contribution in [3.05, 3.63) is 91.7 Å². The first-order chi connectivity index (χ1) is 13.8. The Kier molecular flexibility index (Phi) is 6.52. The maximum absolute atomic E-state index is 12.7. The van der Waals surface area contributed by atoms with Crippen LogP contribution in [0.2, 0.25) is 15.2 Å². The van der Waals surface area contributed by atoms with Gasteiger partial charge in [-0.15, -0.1) is 0 Å². The molecule has 150 valence electrons. The van der Waals surface area contributed by atoms with Crippen molar-refractivity contribution in [3.63, 3.8) is 0 Å². The van der Waals surface area contributed by atoms with Gasteiger partial charge >= 0.3 is 0 Å². The summed E-state index contributed by atoms with van der Waals surface area (Å²) in [5, 5.41) is 11.7. The minimum Gasteiger partial charge on any atom is -0.384 e. The molecule has 0 spiro atoms. The maximum Gasteiger partial charge on any atom is 0.254 e. The monoisotopic (exact) mass is 448 g/mol. The van der Waals surface area contributed by atoms with Crippen molar-refractivity contribution in [3.8, 4) is 0 Å². The molecule has 0 aliphatic rings. The van der Waals surface area contributed by atoms with Crippen LogP contribution >= 0.6 is 34.8 Å². The van der Waals surface area contributed by atoms with E-state index in [0.717, 1.165) is 16.7 Å². The van der Waals surface area contributed by atoms with Crippen LogP contribution in [0.3, 0.4) is 0 Å². The van der Waals surface area contributed by atoms with Crippen molar-refractivity contribution in [2.45, 2.75) is 20.0 Å². The SMILES string of the molecule is Cc1cn(Cc2c(Cl)cccc2Cl)c(Cl)c1C(=O)NCc1ccc(C(=N)N)cc1. The van der Waals surface area contributed by atoms with Crippen molar-refractivity contribution in [2.24, 2.45) is 5.73 Å². The zero-order chi connectivity index (χ0) is 21.1. The van der Waals surface area contributed by atoms with E-state index in [1.165, 1.54) is 0 Å². The number of halogens is 3. The molecular weight excluding hydrogens is 431 g/mol. The molecule has 29 heavy (non-hydrogen) atoms. The predicted octanol–water partition coefficient (Wildman–Crippen LogP) is 5.02. The molecule has 0 unspecified atom stereocenters. The number of benzene rings is 2. The Labute approximate surface area is 183 Å². The molecule has 0 bridgehead atoms. The van der Waals surface area contributed by atoms with Crippen LogP contribution in [0.15, 0.2) is 48.7 Å². The van der Waals surface area contributed by atoms with E-state index >= 15 is 0 Å². The van der Waals surface area contributed by atoms with Crippen LogP contribution in [-0.4, -0.2) is 16.3 Å². The van der Waals surface area contributed by atoms with Gasteiger partial charge in [0, 0.05) is 33.9 Å². The zero-order valence-electron chi connectivity index (χ0n) is 15.6. The number of aryl methyl sites for hydroxylation is 1. The first-order valence-corrected chi connectivity index (χ1v) is 9.91. The van der Waals surface area contributed by atoms with E-state index in [9.17, 15) is 4.79 Å². The number of nitrogens with one attached hydrogen (secondary N) is 2. The van der Waals surface area contributed by atoms with Gasteiger partial charge in [0.25, 0.3) is 5.91 Å². The largest absolute Gasteiger partial charge is 0.384 e. The van der Waals surface area contributed by atoms with Gasteiger partial charge in [-0.1, -0.05) is 65.1 Å². The number of amidine groups is 1. The summed E-state index contributed by atoms with van der Waals surface area (Å²) in [5.41, 5.74) is 8.88. The standard InChI is InChI=1S/C21H19Cl3N4O/c1-12-10-28(11-15-16(22)3-2-4-17(15)23)19(24)18(12)21(29)27-9-13-5-7-14(8-6-13)20(25)26/h2-8,10H,9,11H2,1H3,(H3,25,26)(H,27,29). The molecule has 4 N–H and O–H groups in total. The van der Waals surface area contributed by atoms with Crippen LogP contribution in [0.4, 0.5) is 0 Å². The van der Waals surface area contributed by atoms with Crippen LogP contribution < -0.4 is 11.1 Å². The van der Waals surface area contributed by atoms with Crippen LogP contribution in [-0.2, 0) is 13.1 Å². The molecule has 1 aromatic heterocycles. The third-order valence-corrected chi connectivity index (χ3v) is 5.65. The Morgan fingerprint density at radius 3 is 2.31 bits per heavy atom. The average molecular weight is 450 g/mol. The quantitative estimate of drug-likeness (QED) is 0.365. The number of carbonyl (C=O) groups excluding carboxylic acids is 1. The van der Waals surface area contributed by atoms with E-state index in [1.54, 1.807) is 41.1 Å². The van der Waals surface area contributed by atoms with Crippen molar-refractivity contribution >= 4 is 46.5 Å². The fourth-order valence-electron chi connectivity index (χ4n) is 2.98. The van der Waals surface area contributed by atoms with Crippen molar-refractivity contribution in [1.82, 2.24) is 9.88 Å². The summed E-state index contributed by atoms with van der Waals surface area (Å²) < 4.78 is 1.75. The lowest BCUT2D eigenvalue weighted by molar-refractivity contribution is 0.0950. The number of hydrogen-bond donors (Lipinski definition) is 3. The summed E-state index contributed by atoms with van der Waals surface area (Å²) in [6.45, 7) is 2.51. The van der Waals surface area contributed by atoms with Gasteiger partial charge < -0.3 is 15.6 Å². The molecule has 3 rings (SSSR count). The van der Waals surface area contributed by atoms with Crippen molar-refractivity contribution < 1.29 is 4.79 Å². The molecular formula is C21H19Cl3N4O. The van der Waals surface area contributed by atoms with Gasteiger partial charge in [-0.05, 0) is 30.2 Å². The number of nitrogen functional groups attached to an aromatic ring is 1. The third kappa shape index (κ3) is 4.75. The average Bonchev–Trinajstić information content (AvgIpc) is 2.96. The number of nitrogens with zero attached hydrogens (tertiary/aromatic N) is 1. The van der Waals surface area contributed by atoms with Gasteiger partial charge in [-0.3, -0.25) is 10.2 Å². The lowest BCUT2D eigenvalue weighted by Gasteiger charge is -2.10. The molecule has 0 fully saturated rings. The van der Waals surface area contributed by atoms with Crippen LogP contribution in [0, 0.1) is 12.3 Å². The lowest BCUT2D eigenvalue weighted by atomic mass is 10.1. The fraction of sp³-hybridized carbons (Fsp3) is 0.143. The van der Waals surface area contributed by atoms with Crippen LogP contribution in [0.5, 0.6) is 0 Å². The Hall–Kier alpha value is -2.47.